The van der Waals surface area contributed by atoms with Gasteiger partial charge in [0, 0.05) is 20.6 Å². The van der Waals surface area contributed by atoms with Crippen LogP contribution in [0.2, 0.25) is 0 Å². The van der Waals surface area contributed by atoms with Crippen molar-refractivity contribution in [1.29, 1.82) is 0 Å². The fraction of sp³-hybridized carbons (Fsp3) is 0.889. The quantitative estimate of drug-likeness (QED) is 0.485. The lowest BCUT2D eigenvalue weighted by Gasteiger charge is -2.13. The molecule has 0 aromatic rings. The zero-order chi connectivity index (χ0) is 8.97. The number of guanidine groups is 1. The highest BCUT2D eigenvalue weighted by Crippen LogP contribution is 2.35. The van der Waals surface area contributed by atoms with Crippen LogP contribution in [0.25, 0.3) is 0 Å². The maximum atomic E-state index is 4.05. The summed E-state index contributed by atoms with van der Waals surface area (Å²) in [6, 6.07) is 0. The molecule has 0 aromatic heterocycles. The molecule has 12 heavy (non-hydrogen) atoms. The van der Waals surface area contributed by atoms with Crippen LogP contribution in [-0.4, -0.2) is 26.6 Å². The van der Waals surface area contributed by atoms with Gasteiger partial charge < -0.3 is 10.6 Å². The molecular weight excluding hydrogens is 150 g/mol. The van der Waals surface area contributed by atoms with Crippen LogP contribution in [0, 0.1) is 11.8 Å². The predicted octanol–water partition coefficient (Wildman–Crippen LogP) is 0.827. The Kier molecular flexibility index (Phi) is 3.38. The third-order valence-corrected chi connectivity index (χ3v) is 2.48. The average molecular weight is 169 g/mol. The number of nitrogens with one attached hydrogen (secondary N) is 2. The molecule has 0 spiro atoms. The maximum Gasteiger partial charge on any atom is 0.190 e. The largest absolute Gasteiger partial charge is 0.359 e. The molecule has 0 aromatic carbocycles. The molecule has 1 rings (SSSR count). The first-order valence-electron chi connectivity index (χ1n) is 4.66. The molecule has 3 heteroatoms. The Morgan fingerprint density at radius 2 is 2.25 bits per heavy atom. The summed E-state index contributed by atoms with van der Waals surface area (Å²) in [5, 5.41) is 6.28. The van der Waals surface area contributed by atoms with Gasteiger partial charge in [-0.3, -0.25) is 4.99 Å². The van der Waals surface area contributed by atoms with Crippen LogP contribution < -0.4 is 10.6 Å². The van der Waals surface area contributed by atoms with Crippen LogP contribution in [0.5, 0.6) is 0 Å². The average Bonchev–Trinajstić information content (AvgIpc) is 2.88. The van der Waals surface area contributed by atoms with E-state index in [1.54, 1.807) is 7.05 Å². The minimum atomic E-state index is 0.787. The Morgan fingerprint density at radius 1 is 1.58 bits per heavy atom. The van der Waals surface area contributed by atoms with Gasteiger partial charge in [0.1, 0.15) is 0 Å². The lowest BCUT2D eigenvalue weighted by atomic mass is 10.1. The van der Waals surface area contributed by atoms with E-state index in [0.717, 1.165) is 24.3 Å². The fourth-order valence-electron chi connectivity index (χ4n) is 1.37. The lowest BCUT2D eigenvalue weighted by molar-refractivity contribution is 0.497. The van der Waals surface area contributed by atoms with E-state index in [1.807, 2.05) is 7.05 Å². The van der Waals surface area contributed by atoms with E-state index in [-0.39, 0.29) is 0 Å². The summed E-state index contributed by atoms with van der Waals surface area (Å²) in [5.41, 5.74) is 0. The van der Waals surface area contributed by atoms with Crippen molar-refractivity contribution in [3.8, 4) is 0 Å². The topological polar surface area (TPSA) is 36.4 Å². The molecule has 1 saturated carbocycles. The molecule has 0 bridgehead atoms. The second-order valence-electron chi connectivity index (χ2n) is 3.52. The first-order chi connectivity index (χ1) is 5.77. The first-order valence-corrected chi connectivity index (χ1v) is 4.66. The zero-order valence-electron chi connectivity index (χ0n) is 8.22. The van der Waals surface area contributed by atoms with E-state index in [4.69, 9.17) is 0 Å². The van der Waals surface area contributed by atoms with E-state index < -0.39 is 0 Å². The van der Waals surface area contributed by atoms with Crippen molar-refractivity contribution in [3.05, 3.63) is 0 Å². The second kappa shape index (κ2) is 4.33. The van der Waals surface area contributed by atoms with Gasteiger partial charge in [-0.15, -0.1) is 0 Å². The van der Waals surface area contributed by atoms with Crippen molar-refractivity contribution in [2.45, 2.75) is 19.8 Å². The van der Waals surface area contributed by atoms with Gasteiger partial charge in [0.25, 0.3) is 0 Å². The molecule has 1 aliphatic carbocycles. The predicted molar refractivity (Wildman–Crippen MR) is 52.3 cm³/mol. The van der Waals surface area contributed by atoms with Crippen molar-refractivity contribution in [1.82, 2.24) is 10.6 Å². The number of hydrogen-bond acceptors (Lipinski definition) is 1. The minimum absolute atomic E-state index is 0.787. The highest BCUT2D eigenvalue weighted by molar-refractivity contribution is 5.79. The Balaban J connectivity index is 2.14. The molecule has 0 aliphatic heterocycles. The van der Waals surface area contributed by atoms with Crippen molar-refractivity contribution in [2.24, 2.45) is 16.8 Å². The highest BCUT2D eigenvalue weighted by atomic mass is 15.1. The summed E-state index contributed by atoms with van der Waals surface area (Å²) in [4.78, 5) is 4.05. The van der Waals surface area contributed by atoms with E-state index >= 15 is 0 Å². The molecule has 0 radical (unpaired) electrons. The van der Waals surface area contributed by atoms with Crippen molar-refractivity contribution in [2.75, 3.05) is 20.6 Å². The first kappa shape index (κ1) is 9.36. The molecule has 3 nitrogen and oxygen atoms in total. The summed E-state index contributed by atoms with van der Waals surface area (Å²) < 4.78 is 0. The van der Waals surface area contributed by atoms with Crippen LogP contribution >= 0.6 is 0 Å². The number of rotatable bonds is 3. The standard InChI is InChI=1S/C9H19N3/c1-7(8-4-5-8)6-12-9(10-2)11-3/h7-8H,4-6H2,1-3H3,(H2,10,11,12). The Bertz CT molecular complexity index is 161. The number of nitrogens with zero attached hydrogens (tertiary/aromatic N) is 1. The Hall–Kier alpha value is -0.730. The van der Waals surface area contributed by atoms with Crippen LogP contribution in [0.4, 0.5) is 0 Å². The highest BCUT2D eigenvalue weighted by Gasteiger charge is 2.27. The van der Waals surface area contributed by atoms with E-state index in [1.165, 1.54) is 12.8 Å². The maximum absolute atomic E-state index is 4.05. The van der Waals surface area contributed by atoms with Gasteiger partial charge in [-0.25, -0.2) is 0 Å². The van der Waals surface area contributed by atoms with Gasteiger partial charge in [-0.05, 0) is 24.7 Å². The minimum Gasteiger partial charge on any atom is -0.359 e. The summed E-state index contributed by atoms with van der Waals surface area (Å²) in [6.07, 6.45) is 2.84. The Morgan fingerprint density at radius 3 is 2.67 bits per heavy atom. The molecule has 2 N–H and O–H groups in total. The van der Waals surface area contributed by atoms with Gasteiger partial charge in [0.15, 0.2) is 5.96 Å². The Labute approximate surface area is 74.6 Å². The van der Waals surface area contributed by atoms with Gasteiger partial charge in [0.05, 0.1) is 0 Å². The molecule has 0 heterocycles. The van der Waals surface area contributed by atoms with E-state index in [9.17, 15) is 0 Å². The van der Waals surface area contributed by atoms with Crippen LogP contribution in [0.3, 0.4) is 0 Å². The fourth-order valence-corrected chi connectivity index (χ4v) is 1.37. The molecular formula is C9H19N3. The molecule has 70 valence electrons. The zero-order valence-corrected chi connectivity index (χ0v) is 8.22. The van der Waals surface area contributed by atoms with Crippen LogP contribution in [-0.2, 0) is 0 Å². The molecule has 1 atom stereocenters. The normalized spacial score (nSPS) is 20.4. The summed E-state index contributed by atoms with van der Waals surface area (Å²) in [6.45, 7) is 3.34. The van der Waals surface area contributed by atoms with E-state index in [0.29, 0.717) is 0 Å². The third kappa shape index (κ3) is 2.72. The molecule has 1 unspecified atom stereocenters. The van der Waals surface area contributed by atoms with Crippen molar-refractivity contribution < 1.29 is 0 Å². The molecule has 1 fully saturated rings. The molecule has 0 saturated heterocycles. The lowest BCUT2D eigenvalue weighted by Crippen LogP contribution is -2.37. The smallest absolute Gasteiger partial charge is 0.190 e. The van der Waals surface area contributed by atoms with E-state index in [2.05, 4.69) is 22.5 Å². The summed E-state index contributed by atoms with van der Waals surface area (Å²) >= 11 is 0. The van der Waals surface area contributed by atoms with Crippen molar-refractivity contribution >= 4 is 5.96 Å². The van der Waals surface area contributed by atoms with Gasteiger partial charge >= 0.3 is 0 Å². The number of aliphatic imine (C=N–C) groups is 1. The van der Waals surface area contributed by atoms with Crippen LogP contribution in [0.15, 0.2) is 4.99 Å². The summed E-state index contributed by atoms with van der Waals surface area (Å²) in [5.74, 6) is 2.64. The number of hydrogen-bond donors (Lipinski definition) is 2. The molecule has 0 amide bonds. The van der Waals surface area contributed by atoms with Gasteiger partial charge in [-0.2, -0.15) is 0 Å². The SMILES string of the molecule is CN=C(NC)NCC(C)C1CC1. The van der Waals surface area contributed by atoms with Gasteiger partial charge in [-0.1, -0.05) is 6.92 Å². The van der Waals surface area contributed by atoms with Crippen LogP contribution in [0.1, 0.15) is 19.8 Å². The second-order valence-corrected chi connectivity index (χ2v) is 3.52. The third-order valence-electron chi connectivity index (χ3n) is 2.48. The summed E-state index contributed by atoms with van der Waals surface area (Å²) in [7, 11) is 3.68. The van der Waals surface area contributed by atoms with Gasteiger partial charge in [0.2, 0.25) is 0 Å². The monoisotopic (exact) mass is 169 g/mol. The van der Waals surface area contributed by atoms with Crippen molar-refractivity contribution in [3.63, 3.8) is 0 Å². The molecule has 1 aliphatic rings.